The van der Waals surface area contributed by atoms with Crippen LogP contribution >= 0.6 is 23.4 Å². The fourth-order valence-corrected chi connectivity index (χ4v) is 2.98. The fraction of sp³-hybridized carbons (Fsp3) is 0.286. The van der Waals surface area contributed by atoms with Crippen molar-refractivity contribution in [2.24, 2.45) is 4.99 Å². The molecule has 0 unspecified atom stereocenters. The molecule has 0 atom stereocenters. The SMILES string of the molecule is CCOC(=O)C1=C(O)CSC1=Nc1ccc(Cl)c(C(F)(F)F)c1. The molecule has 1 heterocycles. The summed E-state index contributed by atoms with van der Waals surface area (Å²) in [5.74, 6) is -0.872. The average Bonchev–Trinajstić information content (AvgIpc) is 2.81. The number of aliphatic hydroxyl groups excluding tert-OH is 1. The van der Waals surface area contributed by atoms with E-state index in [4.69, 9.17) is 16.3 Å². The zero-order chi connectivity index (χ0) is 17.2. The summed E-state index contributed by atoms with van der Waals surface area (Å²) in [6.07, 6.45) is -4.61. The Morgan fingerprint density at radius 2 is 2.17 bits per heavy atom. The van der Waals surface area contributed by atoms with Gasteiger partial charge in [-0.3, -0.25) is 0 Å². The fourth-order valence-electron chi connectivity index (χ4n) is 1.82. The molecule has 1 aliphatic heterocycles. The highest BCUT2D eigenvalue weighted by molar-refractivity contribution is 8.15. The molecule has 9 heteroatoms. The predicted molar refractivity (Wildman–Crippen MR) is 82.3 cm³/mol. The number of hydrogen-bond donors (Lipinski definition) is 1. The quantitative estimate of drug-likeness (QED) is 0.800. The molecule has 23 heavy (non-hydrogen) atoms. The summed E-state index contributed by atoms with van der Waals surface area (Å²) in [5.41, 5.74) is -1.17. The van der Waals surface area contributed by atoms with Gasteiger partial charge in [-0.05, 0) is 25.1 Å². The van der Waals surface area contributed by atoms with Gasteiger partial charge in [0, 0.05) is 0 Å². The summed E-state index contributed by atoms with van der Waals surface area (Å²) in [7, 11) is 0. The molecule has 0 bridgehead atoms. The number of ether oxygens (including phenoxy) is 1. The van der Waals surface area contributed by atoms with E-state index in [0.29, 0.717) is 0 Å². The van der Waals surface area contributed by atoms with Gasteiger partial charge in [-0.1, -0.05) is 23.4 Å². The van der Waals surface area contributed by atoms with Crippen molar-refractivity contribution in [2.75, 3.05) is 12.4 Å². The van der Waals surface area contributed by atoms with Gasteiger partial charge in [0.05, 0.1) is 28.6 Å². The highest BCUT2D eigenvalue weighted by Crippen LogP contribution is 2.38. The lowest BCUT2D eigenvalue weighted by Crippen LogP contribution is -2.13. The lowest BCUT2D eigenvalue weighted by atomic mass is 10.2. The van der Waals surface area contributed by atoms with Crippen LogP contribution in [0.3, 0.4) is 0 Å². The molecule has 1 N–H and O–H groups in total. The van der Waals surface area contributed by atoms with Crippen molar-refractivity contribution in [1.29, 1.82) is 0 Å². The number of thioether (sulfide) groups is 1. The summed E-state index contributed by atoms with van der Waals surface area (Å²) in [4.78, 5) is 15.8. The Bertz CT molecular complexity index is 701. The van der Waals surface area contributed by atoms with Crippen LogP contribution in [0.1, 0.15) is 12.5 Å². The van der Waals surface area contributed by atoms with Crippen LogP contribution < -0.4 is 0 Å². The number of alkyl halides is 3. The van der Waals surface area contributed by atoms with E-state index in [9.17, 15) is 23.1 Å². The Morgan fingerprint density at radius 3 is 2.78 bits per heavy atom. The first kappa shape index (κ1) is 17.7. The van der Waals surface area contributed by atoms with Gasteiger partial charge in [0.2, 0.25) is 0 Å². The Labute approximate surface area is 139 Å². The molecular weight excluding hydrogens is 355 g/mol. The van der Waals surface area contributed by atoms with Crippen molar-refractivity contribution < 1.29 is 27.8 Å². The maximum Gasteiger partial charge on any atom is 0.417 e. The van der Waals surface area contributed by atoms with E-state index in [1.165, 1.54) is 6.07 Å². The molecule has 0 aliphatic carbocycles. The van der Waals surface area contributed by atoms with Gasteiger partial charge in [0.1, 0.15) is 16.4 Å². The van der Waals surface area contributed by atoms with Crippen molar-refractivity contribution in [3.8, 4) is 0 Å². The predicted octanol–water partition coefficient (Wildman–Crippen LogP) is 4.51. The number of rotatable bonds is 3. The van der Waals surface area contributed by atoms with E-state index < -0.39 is 22.7 Å². The smallest absolute Gasteiger partial charge is 0.417 e. The lowest BCUT2D eigenvalue weighted by Gasteiger charge is -2.10. The molecule has 0 saturated carbocycles. The largest absolute Gasteiger partial charge is 0.510 e. The molecule has 0 spiro atoms. The van der Waals surface area contributed by atoms with Crippen molar-refractivity contribution in [3.63, 3.8) is 0 Å². The number of hydrogen-bond acceptors (Lipinski definition) is 5. The molecule has 1 aromatic carbocycles. The molecule has 0 amide bonds. The molecule has 2 rings (SSSR count). The number of carbonyl (C=O) groups is 1. The van der Waals surface area contributed by atoms with E-state index in [1.807, 2.05) is 0 Å². The minimum atomic E-state index is -4.61. The lowest BCUT2D eigenvalue weighted by molar-refractivity contribution is -0.138. The third kappa shape index (κ3) is 4.00. The van der Waals surface area contributed by atoms with Crippen LogP contribution in [0.2, 0.25) is 5.02 Å². The first-order chi connectivity index (χ1) is 10.7. The second-order valence-electron chi connectivity index (χ2n) is 4.41. The van der Waals surface area contributed by atoms with E-state index >= 15 is 0 Å². The molecule has 124 valence electrons. The second-order valence-corrected chi connectivity index (χ2v) is 5.78. The van der Waals surface area contributed by atoms with Gasteiger partial charge < -0.3 is 9.84 Å². The monoisotopic (exact) mass is 365 g/mol. The van der Waals surface area contributed by atoms with Crippen LogP contribution in [0.4, 0.5) is 18.9 Å². The molecule has 0 saturated heterocycles. The highest BCUT2D eigenvalue weighted by Gasteiger charge is 2.34. The Hall–Kier alpha value is -1.67. The van der Waals surface area contributed by atoms with Gasteiger partial charge in [-0.15, -0.1) is 0 Å². The molecule has 0 aromatic heterocycles. The number of carbonyl (C=O) groups excluding carboxylic acids is 1. The molecule has 4 nitrogen and oxygen atoms in total. The van der Waals surface area contributed by atoms with Crippen LogP contribution in [-0.2, 0) is 15.7 Å². The van der Waals surface area contributed by atoms with Crippen molar-refractivity contribution >= 4 is 40.1 Å². The minimum Gasteiger partial charge on any atom is -0.510 e. The Kier molecular flexibility index (Phi) is 5.26. The maximum atomic E-state index is 12.8. The number of nitrogens with zero attached hydrogens (tertiary/aromatic N) is 1. The van der Waals surface area contributed by atoms with Gasteiger partial charge in [0.25, 0.3) is 0 Å². The van der Waals surface area contributed by atoms with E-state index in [2.05, 4.69) is 4.99 Å². The Balaban J connectivity index is 2.41. The van der Waals surface area contributed by atoms with Crippen LogP contribution in [0, 0.1) is 0 Å². The van der Waals surface area contributed by atoms with Crippen LogP contribution in [-0.4, -0.2) is 28.5 Å². The summed E-state index contributed by atoms with van der Waals surface area (Å²) < 4.78 is 43.4. The molecule has 1 aliphatic rings. The number of aliphatic hydroxyl groups is 1. The number of benzene rings is 1. The standard InChI is InChI=1S/C14H11ClF3NO3S/c1-2-22-13(21)11-10(20)6-23-12(11)19-7-3-4-9(15)8(5-7)14(16,17)18/h3-5,20H,2,6H2,1H3. The van der Waals surface area contributed by atoms with Crippen LogP contribution in [0.15, 0.2) is 34.5 Å². The number of esters is 1. The third-order valence-corrected chi connectivity index (χ3v) is 4.13. The van der Waals surface area contributed by atoms with Gasteiger partial charge in [-0.25, -0.2) is 9.79 Å². The zero-order valence-electron chi connectivity index (χ0n) is 11.8. The first-order valence-electron chi connectivity index (χ1n) is 6.42. The zero-order valence-corrected chi connectivity index (χ0v) is 13.3. The normalized spacial score (nSPS) is 17.0. The van der Waals surface area contributed by atoms with Crippen molar-refractivity contribution in [1.82, 2.24) is 0 Å². The minimum absolute atomic E-state index is 0.0271. The Morgan fingerprint density at radius 1 is 1.48 bits per heavy atom. The topological polar surface area (TPSA) is 58.9 Å². The average molecular weight is 366 g/mol. The van der Waals surface area contributed by atoms with E-state index in [0.717, 1.165) is 23.9 Å². The van der Waals surface area contributed by atoms with Gasteiger partial charge in [-0.2, -0.15) is 13.2 Å². The van der Waals surface area contributed by atoms with E-state index in [-0.39, 0.29) is 34.4 Å². The maximum absolute atomic E-state index is 12.8. The summed E-state index contributed by atoms with van der Waals surface area (Å²) in [6, 6.07) is 3.16. The first-order valence-corrected chi connectivity index (χ1v) is 7.78. The molecule has 0 radical (unpaired) electrons. The van der Waals surface area contributed by atoms with E-state index in [1.54, 1.807) is 6.92 Å². The molecular formula is C14H11ClF3NO3S. The number of aliphatic imine (C=N–C) groups is 1. The third-order valence-electron chi connectivity index (χ3n) is 2.81. The summed E-state index contributed by atoms with van der Waals surface area (Å²) >= 11 is 6.58. The summed E-state index contributed by atoms with van der Waals surface area (Å²) in [5, 5.41) is 9.41. The second kappa shape index (κ2) is 6.84. The number of halogens is 4. The van der Waals surface area contributed by atoms with Crippen molar-refractivity contribution in [3.05, 3.63) is 40.1 Å². The van der Waals surface area contributed by atoms with Crippen molar-refractivity contribution in [2.45, 2.75) is 13.1 Å². The molecule has 1 aromatic rings. The highest BCUT2D eigenvalue weighted by atomic mass is 35.5. The van der Waals surface area contributed by atoms with Crippen LogP contribution in [0.25, 0.3) is 0 Å². The van der Waals surface area contributed by atoms with Gasteiger partial charge >= 0.3 is 12.1 Å². The molecule has 0 fully saturated rings. The van der Waals surface area contributed by atoms with Gasteiger partial charge in [0.15, 0.2) is 0 Å². The van der Waals surface area contributed by atoms with Crippen LogP contribution in [0.5, 0.6) is 0 Å². The summed E-state index contributed by atoms with van der Waals surface area (Å²) in [6.45, 7) is 1.70.